The molecule has 9 heteroatoms. The number of carbonyl (C=O) groups excluding carboxylic acids is 1. The first kappa shape index (κ1) is 22.1. The summed E-state index contributed by atoms with van der Waals surface area (Å²) >= 11 is 0. The molecule has 0 spiro atoms. The van der Waals surface area contributed by atoms with E-state index in [1.807, 2.05) is 30.3 Å². The Labute approximate surface area is 190 Å². The number of hydrogen-bond donors (Lipinski definition) is 0. The van der Waals surface area contributed by atoms with Crippen LogP contribution >= 0.6 is 0 Å². The molecule has 0 N–H and O–H groups in total. The largest absolute Gasteiger partial charge is 0.468 e. The molecular weight excluding hydrogens is 424 g/mol. The van der Waals surface area contributed by atoms with Crippen LogP contribution in [0.4, 0.5) is 5.69 Å². The van der Waals surface area contributed by atoms with E-state index in [4.69, 9.17) is 9.26 Å². The van der Waals surface area contributed by atoms with Gasteiger partial charge in [-0.2, -0.15) is 4.98 Å². The average molecular weight is 446 g/mol. The van der Waals surface area contributed by atoms with Gasteiger partial charge in [-0.1, -0.05) is 53.7 Å². The molecule has 4 rings (SSSR count). The van der Waals surface area contributed by atoms with Crippen molar-refractivity contribution in [3.8, 4) is 0 Å². The molecule has 0 amide bonds. The monoisotopic (exact) mass is 446 g/mol. The van der Waals surface area contributed by atoms with Gasteiger partial charge in [0.25, 0.3) is 11.6 Å². The third-order valence-electron chi connectivity index (χ3n) is 5.66. The molecule has 33 heavy (non-hydrogen) atoms. The Morgan fingerprint density at radius 3 is 2.52 bits per heavy atom. The smallest absolute Gasteiger partial charge is 0.315 e. The van der Waals surface area contributed by atoms with Gasteiger partial charge in [0, 0.05) is 41.0 Å². The van der Waals surface area contributed by atoms with E-state index in [1.54, 1.807) is 32.0 Å². The van der Waals surface area contributed by atoms with E-state index in [9.17, 15) is 14.9 Å². The molecule has 2 atom stereocenters. The van der Waals surface area contributed by atoms with Gasteiger partial charge in [0.05, 0.1) is 12.0 Å². The van der Waals surface area contributed by atoms with E-state index in [0.717, 1.165) is 5.56 Å². The zero-order chi connectivity index (χ0) is 23.5. The molecule has 9 nitrogen and oxygen atoms in total. The lowest BCUT2D eigenvalue weighted by Crippen LogP contribution is -2.33. The lowest BCUT2D eigenvalue weighted by atomic mass is 9.75. The number of aromatic nitrogens is 2. The third kappa shape index (κ3) is 4.30. The lowest BCUT2D eigenvalue weighted by molar-refractivity contribution is -0.385. The molecule has 0 aliphatic carbocycles. The van der Waals surface area contributed by atoms with Gasteiger partial charge in [-0.05, 0) is 19.4 Å². The molecule has 1 aromatic heterocycles. The zero-order valence-corrected chi connectivity index (χ0v) is 18.4. The van der Waals surface area contributed by atoms with E-state index < -0.39 is 22.7 Å². The number of carbonyl (C=O) groups is 1. The highest BCUT2D eigenvalue weighted by atomic mass is 16.6. The number of para-hydroxylation sites is 1. The van der Waals surface area contributed by atoms with Crippen molar-refractivity contribution in [3.05, 3.63) is 93.3 Å². The Morgan fingerprint density at radius 2 is 1.82 bits per heavy atom. The number of allylic oxidation sites excluding steroid dienone is 2. The summed E-state index contributed by atoms with van der Waals surface area (Å²) < 4.78 is 10.6. The van der Waals surface area contributed by atoms with Crippen molar-refractivity contribution in [1.82, 2.24) is 10.1 Å². The molecule has 2 heterocycles. The minimum Gasteiger partial charge on any atom is -0.468 e. The zero-order valence-electron chi connectivity index (χ0n) is 18.4. The molecule has 0 radical (unpaired) electrons. The van der Waals surface area contributed by atoms with Gasteiger partial charge in [0.2, 0.25) is 0 Å². The summed E-state index contributed by atoms with van der Waals surface area (Å²) in [6.45, 7) is 3.47. The molecule has 168 valence electrons. The number of benzene rings is 2. The number of rotatable bonds is 6. The summed E-state index contributed by atoms with van der Waals surface area (Å²) in [5.41, 5.74) is 2.76. The maximum absolute atomic E-state index is 12.8. The van der Waals surface area contributed by atoms with Crippen molar-refractivity contribution in [2.24, 2.45) is 10.9 Å². The Bertz CT molecular complexity index is 1260. The standard InChI is InChI=1S/C24H22N4O5/c1-14-20(23-26-19(27-33-23)13-16-9-5-4-6-10-16)22(21(15(2)25-14)24(29)32-3)17-11-7-8-12-18(17)28(30)31/h4-12,21-22H,13H2,1-3H3. The Hall–Kier alpha value is -4.14. The number of hydrogen-bond acceptors (Lipinski definition) is 8. The van der Waals surface area contributed by atoms with Crippen LogP contribution in [0.2, 0.25) is 0 Å². The van der Waals surface area contributed by atoms with Gasteiger partial charge in [-0.3, -0.25) is 19.9 Å². The summed E-state index contributed by atoms with van der Waals surface area (Å²) in [4.78, 5) is 33.2. The quantitative estimate of drug-likeness (QED) is 0.313. The number of esters is 1. The van der Waals surface area contributed by atoms with Crippen LogP contribution < -0.4 is 0 Å². The molecule has 2 unspecified atom stereocenters. The maximum atomic E-state index is 12.8. The fourth-order valence-electron chi connectivity index (χ4n) is 4.21. The highest BCUT2D eigenvalue weighted by Gasteiger charge is 2.44. The second kappa shape index (κ2) is 9.15. The van der Waals surface area contributed by atoms with Crippen LogP contribution in [0.5, 0.6) is 0 Å². The number of nitro benzene ring substituents is 1. The van der Waals surface area contributed by atoms with Gasteiger partial charge < -0.3 is 9.26 Å². The average Bonchev–Trinajstić information content (AvgIpc) is 3.26. The predicted molar refractivity (Wildman–Crippen MR) is 121 cm³/mol. The summed E-state index contributed by atoms with van der Waals surface area (Å²) in [6, 6.07) is 16.0. The van der Waals surface area contributed by atoms with Crippen LogP contribution in [0, 0.1) is 16.0 Å². The number of nitro groups is 1. The molecular formula is C24H22N4O5. The minimum absolute atomic E-state index is 0.111. The van der Waals surface area contributed by atoms with Crippen LogP contribution in [0.3, 0.4) is 0 Å². The second-order valence-corrected chi connectivity index (χ2v) is 7.72. The van der Waals surface area contributed by atoms with E-state index in [1.165, 1.54) is 13.2 Å². The number of nitrogens with zero attached hydrogens (tertiary/aromatic N) is 4. The fraction of sp³-hybridized carbons (Fsp3) is 0.250. The van der Waals surface area contributed by atoms with Crippen molar-refractivity contribution < 1.29 is 19.0 Å². The third-order valence-corrected chi connectivity index (χ3v) is 5.66. The normalized spacial score (nSPS) is 18.1. The summed E-state index contributed by atoms with van der Waals surface area (Å²) in [5.74, 6) is -1.57. The SMILES string of the molecule is COC(=O)C1C(C)=NC(C)=C(c2nc(Cc3ccccc3)no2)C1c1ccccc1[N+](=O)[O-]. The van der Waals surface area contributed by atoms with E-state index >= 15 is 0 Å². The van der Waals surface area contributed by atoms with E-state index in [-0.39, 0.29) is 11.6 Å². The van der Waals surface area contributed by atoms with Crippen LogP contribution in [0.15, 0.2) is 69.8 Å². The van der Waals surface area contributed by atoms with Crippen LogP contribution in [-0.4, -0.2) is 33.9 Å². The van der Waals surface area contributed by atoms with Crippen molar-refractivity contribution in [2.45, 2.75) is 26.2 Å². The molecule has 0 bridgehead atoms. The summed E-state index contributed by atoms with van der Waals surface area (Å²) in [5, 5.41) is 15.9. The highest BCUT2D eigenvalue weighted by Crippen LogP contribution is 2.46. The second-order valence-electron chi connectivity index (χ2n) is 7.72. The summed E-state index contributed by atoms with van der Waals surface area (Å²) in [7, 11) is 1.28. The highest BCUT2D eigenvalue weighted by molar-refractivity contribution is 6.06. The van der Waals surface area contributed by atoms with Crippen molar-refractivity contribution in [1.29, 1.82) is 0 Å². The Morgan fingerprint density at radius 1 is 1.12 bits per heavy atom. The van der Waals surface area contributed by atoms with Gasteiger partial charge in [-0.25, -0.2) is 0 Å². The topological polar surface area (TPSA) is 121 Å². The Kier molecular flexibility index (Phi) is 6.12. The number of methoxy groups -OCH3 is 1. The molecule has 2 aromatic carbocycles. The first-order chi connectivity index (χ1) is 15.9. The molecule has 0 saturated heterocycles. The van der Waals surface area contributed by atoms with Crippen molar-refractivity contribution >= 4 is 22.9 Å². The maximum Gasteiger partial charge on any atom is 0.315 e. The van der Waals surface area contributed by atoms with Crippen LogP contribution in [0.25, 0.3) is 5.57 Å². The van der Waals surface area contributed by atoms with Crippen molar-refractivity contribution in [2.75, 3.05) is 7.11 Å². The molecule has 0 fully saturated rings. The van der Waals surface area contributed by atoms with Crippen molar-refractivity contribution in [3.63, 3.8) is 0 Å². The number of ether oxygens (including phenoxy) is 1. The van der Waals surface area contributed by atoms with Gasteiger partial charge in [0.1, 0.15) is 5.92 Å². The molecule has 0 saturated carbocycles. The molecule has 3 aromatic rings. The first-order valence-electron chi connectivity index (χ1n) is 10.3. The molecule has 1 aliphatic rings. The first-order valence-corrected chi connectivity index (χ1v) is 10.3. The predicted octanol–water partition coefficient (Wildman–Crippen LogP) is 4.35. The van der Waals surface area contributed by atoms with Gasteiger partial charge >= 0.3 is 5.97 Å². The summed E-state index contributed by atoms with van der Waals surface area (Å²) in [6.07, 6.45) is 0.454. The lowest BCUT2D eigenvalue weighted by Gasteiger charge is -2.30. The number of aliphatic imine (C=N–C) groups is 1. The van der Waals surface area contributed by atoms with Crippen LogP contribution in [0.1, 0.15) is 42.6 Å². The van der Waals surface area contributed by atoms with Gasteiger partial charge in [-0.15, -0.1) is 0 Å². The van der Waals surface area contributed by atoms with E-state index in [0.29, 0.717) is 34.8 Å². The minimum atomic E-state index is -0.876. The molecule has 1 aliphatic heterocycles. The van der Waals surface area contributed by atoms with Gasteiger partial charge in [0.15, 0.2) is 5.82 Å². The van der Waals surface area contributed by atoms with E-state index in [2.05, 4.69) is 15.1 Å². The Balaban J connectivity index is 1.85. The van der Waals surface area contributed by atoms with Crippen LogP contribution in [-0.2, 0) is 16.0 Å². The fourth-order valence-corrected chi connectivity index (χ4v) is 4.21.